The minimum absolute atomic E-state index is 0.254. The van der Waals surface area contributed by atoms with Crippen LogP contribution in [-0.4, -0.2) is 0 Å². The third-order valence-corrected chi connectivity index (χ3v) is 4.60. The molecule has 0 saturated carbocycles. The molecule has 3 heteroatoms. The van der Waals surface area contributed by atoms with Crippen LogP contribution in [0.25, 0.3) is 6.08 Å². The summed E-state index contributed by atoms with van der Waals surface area (Å²) in [5.41, 5.74) is 3.41. The fourth-order valence-electron chi connectivity index (χ4n) is 2.12. The van der Waals surface area contributed by atoms with Crippen LogP contribution < -0.4 is 0 Å². The van der Waals surface area contributed by atoms with E-state index in [0.29, 0.717) is 10.0 Å². The van der Waals surface area contributed by atoms with Gasteiger partial charge in [0, 0.05) is 5.02 Å². The highest BCUT2D eigenvalue weighted by molar-refractivity contribution is 6.42. The molecule has 0 aromatic heterocycles. The van der Waals surface area contributed by atoms with Crippen molar-refractivity contribution in [2.75, 3.05) is 0 Å². The maximum Gasteiger partial charge on any atom is 0.0595 e. The van der Waals surface area contributed by atoms with Crippen molar-refractivity contribution < 1.29 is 0 Å². The Hall–Kier alpha value is -0.950. The lowest BCUT2D eigenvalue weighted by molar-refractivity contribution is 0.973. The van der Waals surface area contributed by atoms with Crippen LogP contribution in [-0.2, 0) is 6.42 Å². The SMILES string of the molecule is CCc1ccc(/C=C/C(C)c2ccc(Cl)c(Cl)c2)cc1Cl. The van der Waals surface area contributed by atoms with Gasteiger partial charge in [-0.1, -0.05) is 79.0 Å². The monoisotopic (exact) mass is 338 g/mol. The average Bonchev–Trinajstić information content (AvgIpc) is 2.47. The first-order valence-corrected chi connectivity index (χ1v) is 8.06. The quantitative estimate of drug-likeness (QED) is 0.561. The molecule has 1 unspecified atom stereocenters. The molecule has 0 aliphatic carbocycles. The van der Waals surface area contributed by atoms with Crippen molar-refractivity contribution >= 4 is 40.9 Å². The maximum absolute atomic E-state index is 6.23. The van der Waals surface area contributed by atoms with Gasteiger partial charge in [0.2, 0.25) is 0 Å². The summed E-state index contributed by atoms with van der Waals surface area (Å²) in [6.07, 6.45) is 5.16. The number of allylic oxidation sites excluding steroid dienone is 1. The Labute approximate surface area is 141 Å². The van der Waals surface area contributed by atoms with Gasteiger partial charge in [-0.05, 0) is 47.2 Å². The lowest BCUT2D eigenvalue weighted by Crippen LogP contribution is -1.89. The van der Waals surface area contributed by atoms with E-state index in [0.717, 1.165) is 22.6 Å². The molecule has 0 N–H and O–H groups in total. The molecule has 2 rings (SSSR count). The van der Waals surface area contributed by atoms with Gasteiger partial charge in [-0.15, -0.1) is 0 Å². The van der Waals surface area contributed by atoms with Gasteiger partial charge >= 0.3 is 0 Å². The smallest absolute Gasteiger partial charge is 0.0595 e. The normalized spacial score (nSPS) is 12.8. The second-order valence-electron chi connectivity index (χ2n) is 5.03. The van der Waals surface area contributed by atoms with Crippen LogP contribution in [0.2, 0.25) is 15.1 Å². The topological polar surface area (TPSA) is 0 Å². The Bertz CT molecular complexity index is 660. The highest BCUT2D eigenvalue weighted by atomic mass is 35.5. The predicted molar refractivity (Wildman–Crippen MR) is 94.7 cm³/mol. The molecule has 0 saturated heterocycles. The summed E-state index contributed by atoms with van der Waals surface area (Å²) in [5.74, 6) is 0.254. The van der Waals surface area contributed by atoms with Crippen molar-refractivity contribution in [1.29, 1.82) is 0 Å². The van der Waals surface area contributed by atoms with Crippen LogP contribution in [0, 0.1) is 0 Å². The van der Waals surface area contributed by atoms with E-state index in [-0.39, 0.29) is 5.92 Å². The van der Waals surface area contributed by atoms with Gasteiger partial charge in [0.25, 0.3) is 0 Å². The van der Waals surface area contributed by atoms with Crippen molar-refractivity contribution in [2.45, 2.75) is 26.2 Å². The Morgan fingerprint density at radius 1 is 0.952 bits per heavy atom. The molecule has 1 atom stereocenters. The average molecular weight is 340 g/mol. The summed E-state index contributed by atoms with van der Waals surface area (Å²) in [5, 5.41) is 1.99. The van der Waals surface area contributed by atoms with Crippen molar-refractivity contribution in [3.8, 4) is 0 Å². The fraction of sp³-hybridized carbons (Fsp3) is 0.222. The Morgan fingerprint density at radius 2 is 1.71 bits per heavy atom. The second kappa shape index (κ2) is 7.35. The third-order valence-electron chi connectivity index (χ3n) is 3.50. The number of aryl methyl sites for hydroxylation is 1. The molecule has 2 aromatic carbocycles. The first-order chi connectivity index (χ1) is 10.0. The van der Waals surface area contributed by atoms with Gasteiger partial charge in [-0.25, -0.2) is 0 Å². The highest BCUT2D eigenvalue weighted by Gasteiger charge is 2.05. The van der Waals surface area contributed by atoms with E-state index in [1.54, 1.807) is 0 Å². The van der Waals surface area contributed by atoms with E-state index in [4.69, 9.17) is 34.8 Å². The summed E-state index contributed by atoms with van der Waals surface area (Å²) in [4.78, 5) is 0. The largest absolute Gasteiger partial charge is 0.0840 e. The summed E-state index contributed by atoms with van der Waals surface area (Å²) in [6.45, 7) is 4.22. The zero-order valence-electron chi connectivity index (χ0n) is 12.0. The van der Waals surface area contributed by atoms with E-state index in [2.05, 4.69) is 38.1 Å². The van der Waals surface area contributed by atoms with Crippen molar-refractivity contribution in [2.24, 2.45) is 0 Å². The summed E-state index contributed by atoms with van der Waals surface area (Å²) in [6, 6.07) is 11.9. The van der Waals surface area contributed by atoms with Gasteiger partial charge < -0.3 is 0 Å². The lowest BCUT2D eigenvalue weighted by atomic mass is 9.99. The Morgan fingerprint density at radius 3 is 2.33 bits per heavy atom. The summed E-state index contributed by atoms with van der Waals surface area (Å²) >= 11 is 18.2. The van der Waals surface area contributed by atoms with E-state index < -0.39 is 0 Å². The fourth-order valence-corrected chi connectivity index (χ4v) is 2.75. The van der Waals surface area contributed by atoms with Crippen LogP contribution in [0.15, 0.2) is 42.5 Å². The van der Waals surface area contributed by atoms with Crippen LogP contribution in [0.4, 0.5) is 0 Å². The molecule has 0 amide bonds. The van der Waals surface area contributed by atoms with E-state index >= 15 is 0 Å². The molecule has 0 aliphatic heterocycles. The van der Waals surface area contributed by atoms with Gasteiger partial charge in [0.05, 0.1) is 10.0 Å². The van der Waals surface area contributed by atoms with Gasteiger partial charge in [-0.2, -0.15) is 0 Å². The van der Waals surface area contributed by atoms with E-state index in [1.165, 1.54) is 5.56 Å². The molecule has 0 spiro atoms. The van der Waals surface area contributed by atoms with Gasteiger partial charge in [0.15, 0.2) is 0 Å². The molecular weight excluding hydrogens is 323 g/mol. The molecule has 0 nitrogen and oxygen atoms in total. The van der Waals surface area contributed by atoms with E-state index in [1.807, 2.05) is 24.3 Å². The maximum atomic E-state index is 6.23. The summed E-state index contributed by atoms with van der Waals surface area (Å²) < 4.78 is 0. The molecule has 2 aromatic rings. The first-order valence-electron chi connectivity index (χ1n) is 6.93. The number of rotatable bonds is 4. The molecular formula is C18H17Cl3. The summed E-state index contributed by atoms with van der Waals surface area (Å²) in [7, 11) is 0. The molecule has 0 radical (unpaired) electrons. The third kappa shape index (κ3) is 4.26. The van der Waals surface area contributed by atoms with Crippen LogP contribution in [0.1, 0.15) is 36.5 Å². The Balaban J connectivity index is 2.16. The second-order valence-corrected chi connectivity index (χ2v) is 6.25. The lowest BCUT2D eigenvalue weighted by Gasteiger charge is -2.08. The standard InChI is InChI=1S/C18H17Cl3/c1-3-14-7-6-13(10-17(14)20)5-4-12(2)15-8-9-16(19)18(21)11-15/h4-12H,3H2,1-2H3/b5-4+. The Kier molecular flexibility index (Phi) is 5.75. The molecule has 0 heterocycles. The number of hydrogen-bond donors (Lipinski definition) is 0. The highest BCUT2D eigenvalue weighted by Crippen LogP contribution is 2.27. The van der Waals surface area contributed by atoms with E-state index in [9.17, 15) is 0 Å². The minimum atomic E-state index is 0.254. The van der Waals surface area contributed by atoms with Gasteiger partial charge in [-0.3, -0.25) is 0 Å². The first kappa shape index (κ1) is 16.4. The van der Waals surface area contributed by atoms with Crippen LogP contribution in [0.5, 0.6) is 0 Å². The zero-order valence-corrected chi connectivity index (χ0v) is 14.3. The minimum Gasteiger partial charge on any atom is -0.0840 e. The molecule has 0 aliphatic rings. The number of hydrogen-bond acceptors (Lipinski definition) is 0. The zero-order chi connectivity index (χ0) is 15.4. The van der Waals surface area contributed by atoms with Gasteiger partial charge in [0.1, 0.15) is 0 Å². The van der Waals surface area contributed by atoms with Crippen molar-refractivity contribution in [3.63, 3.8) is 0 Å². The van der Waals surface area contributed by atoms with Crippen molar-refractivity contribution in [3.05, 3.63) is 74.2 Å². The molecule has 110 valence electrons. The number of benzene rings is 2. The van der Waals surface area contributed by atoms with Crippen LogP contribution >= 0.6 is 34.8 Å². The van der Waals surface area contributed by atoms with Crippen LogP contribution in [0.3, 0.4) is 0 Å². The molecule has 21 heavy (non-hydrogen) atoms. The predicted octanol–water partition coefficient (Wildman–Crippen LogP) is 7.03. The van der Waals surface area contributed by atoms with Crippen molar-refractivity contribution in [1.82, 2.24) is 0 Å². The number of halogens is 3. The molecule has 0 bridgehead atoms. The molecule has 0 fully saturated rings.